The minimum absolute atomic E-state index is 0.551. The molecule has 19 rings (SSSR count). The van der Waals surface area contributed by atoms with Crippen LogP contribution in [0.4, 0.5) is 0 Å². The highest BCUT2D eigenvalue weighted by molar-refractivity contribution is 7.26. The largest absolute Gasteiger partial charge is 0.307 e. The Balaban J connectivity index is 0.698. The SMILES string of the molecule is c1ccc(-c2cc(-c3nc(-c4ccccc4)cc(-c4ccccc4)n3)cc(-c3cccc4c3sc3c(-c5ccc(-c6cccc(-c7ccc8c(c7)c7ccc9c%10ccccc%10n(-c%10nc(-c%11ccccc%11)nc(-c%11ccccc%11)n%10)c9c7n8-c7ccccc7)c6)cc5)cccc34)c2)cc1. The lowest BCUT2D eigenvalue weighted by molar-refractivity contribution is 0.953. The van der Waals surface area contributed by atoms with Gasteiger partial charge in [-0.3, -0.25) is 4.57 Å². The molecule has 14 aromatic carbocycles. The molecule has 0 saturated heterocycles. The second-order valence-electron chi connectivity index (χ2n) is 25.1. The number of para-hydroxylation sites is 2. The van der Waals surface area contributed by atoms with E-state index in [2.05, 4.69) is 306 Å². The van der Waals surface area contributed by atoms with Crippen LogP contribution in [-0.4, -0.2) is 34.1 Å². The van der Waals surface area contributed by atoms with Gasteiger partial charge in [0.25, 0.3) is 0 Å². The summed E-state index contributed by atoms with van der Waals surface area (Å²) in [5.74, 6) is 2.45. The number of benzene rings is 14. The predicted molar refractivity (Wildman–Crippen MR) is 411 cm³/mol. The third-order valence-corrected chi connectivity index (χ3v) is 20.5. The number of rotatable bonds is 12. The Kier molecular flexibility index (Phi) is 13.9. The zero-order valence-electron chi connectivity index (χ0n) is 53.4. The van der Waals surface area contributed by atoms with E-state index < -0.39 is 0 Å². The van der Waals surface area contributed by atoms with Crippen LogP contribution in [0, 0.1) is 0 Å². The molecular weight excluding hydrogens is 1220 g/mol. The smallest absolute Gasteiger partial charge is 0.238 e. The first-order valence-corrected chi connectivity index (χ1v) is 34.2. The maximum Gasteiger partial charge on any atom is 0.238 e. The van der Waals surface area contributed by atoms with E-state index in [4.69, 9.17) is 24.9 Å². The number of fused-ring (bicyclic) bond motifs is 10. The third kappa shape index (κ3) is 10.2. The van der Waals surface area contributed by atoms with Gasteiger partial charge in [-0.25, -0.2) is 15.0 Å². The van der Waals surface area contributed by atoms with Gasteiger partial charge >= 0.3 is 0 Å². The fourth-order valence-corrected chi connectivity index (χ4v) is 15.8. The summed E-state index contributed by atoms with van der Waals surface area (Å²) in [6, 6.07) is 123. The van der Waals surface area contributed by atoms with Crippen molar-refractivity contribution < 1.29 is 0 Å². The van der Waals surface area contributed by atoms with Crippen molar-refractivity contribution >= 4 is 75.1 Å². The highest BCUT2D eigenvalue weighted by Gasteiger charge is 2.25. The zero-order chi connectivity index (χ0) is 65.3. The van der Waals surface area contributed by atoms with E-state index in [1.54, 1.807) is 0 Å². The summed E-state index contributed by atoms with van der Waals surface area (Å²) in [7, 11) is 0. The molecule has 462 valence electrons. The molecule has 0 radical (unpaired) electrons. The maximum atomic E-state index is 5.34. The topological polar surface area (TPSA) is 74.3 Å². The van der Waals surface area contributed by atoms with Crippen LogP contribution in [0.25, 0.3) is 188 Å². The molecule has 99 heavy (non-hydrogen) atoms. The molecule has 0 N–H and O–H groups in total. The highest BCUT2D eigenvalue weighted by Crippen LogP contribution is 2.47. The Bertz CT molecular complexity index is 6190. The van der Waals surface area contributed by atoms with E-state index in [9.17, 15) is 0 Å². The van der Waals surface area contributed by atoms with Crippen LogP contribution in [0.5, 0.6) is 0 Å². The lowest BCUT2D eigenvalue weighted by atomic mass is 9.94. The average molecular weight is 1280 g/mol. The minimum Gasteiger partial charge on any atom is -0.307 e. The minimum atomic E-state index is 0.551. The van der Waals surface area contributed by atoms with Crippen LogP contribution in [0.2, 0.25) is 0 Å². The van der Waals surface area contributed by atoms with Crippen LogP contribution < -0.4 is 0 Å². The molecule has 0 spiro atoms. The molecular formula is C91H57N7S. The van der Waals surface area contributed by atoms with Crippen molar-refractivity contribution in [1.82, 2.24) is 34.1 Å². The highest BCUT2D eigenvalue weighted by atomic mass is 32.1. The van der Waals surface area contributed by atoms with Gasteiger partial charge in [0.2, 0.25) is 5.95 Å². The molecule has 5 aromatic heterocycles. The van der Waals surface area contributed by atoms with E-state index in [-0.39, 0.29) is 0 Å². The summed E-state index contributed by atoms with van der Waals surface area (Å²) in [5.41, 5.74) is 23.4. The molecule has 8 heteroatoms. The summed E-state index contributed by atoms with van der Waals surface area (Å²) >= 11 is 1.87. The van der Waals surface area contributed by atoms with E-state index in [0.29, 0.717) is 23.4 Å². The first kappa shape index (κ1) is 57.4. The van der Waals surface area contributed by atoms with Crippen molar-refractivity contribution in [1.29, 1.82) is 0 Å². The molecule has 0 unspecified atom stereocenters. The Labute approximate surface area is 575 Å². The van der Waals surface area contributed by atoms with Crippen molar-refractivity contribution in [3.63, 3.8) is 0 Å². The summed E-state index contributed by atoms with van der Waals surface area (Å²) < 4.78 is 7.17. The maximum absolute atomic E-state index is 5.34. The molecule has 0 aliphatic carbocycles. The van der Waals surface area contributed by atoms with E-state index in [0.717, 1.165) is 127 Å². The van der Waals surface area contributed by atoms with Gasteiger partial charge in [-0.15, -0.1) is 11.3 Å². The zero-order valence-corrected chi connectivity index (χ0v) is 54.3. The molecule has 0 fully saturated rings. The van der Waals surface area contributed by atoms with Crippen molar-refractivity contribution in [2.75, 3.05) is 0 Å². The molecule has 5 heterocycles. The van der Waals surface area contributed by atoms with Gasteiger partial charge in [0.15, 0.2) is 17.5 Å². The van der Waals surface area contributed by atoms with Crippen molar-refractivity contribution in [3.05, 3.63) is 346 Å². The number of thiophene rings is 1. The molecule has 0 aliphatic rings. The lowest BCUT2D eigenvalue weighted by Crippen LogP contribution is -2.07. The number of aromatic nitrogens is 7. The third-order valence-electron chi connectivity index (χ3n) is 19.2. The van der Waals surface area contributed by atoms with Gasteiger partial charge in [0.1, 0.15) is 0 Å². The van der Waals surface area contributed by atoms with Gasteiger partial charge in [-0.2, -0.15) is 9.97 Å². The van der Waals surface area contributed by atoms with Crippen molar-refractivity contribution in [2.24, 2.45) is 0 Å². The van der Waals surface area contributed by atoms with Crippen LogP contribution in [0.15, 0.2) is 346 Å². The number of hydrogen-bond donors (Lipinski definition) is 0. The standard InChI is InChI=1S/C91H57N7S/c1-7-24-58(25-8-1)68-53-69(55-70(54-68)90-92-80(61-26-9-2-10-27-61)57-81(93-90)62-28-11-3-12-29-62)73-40-23-42-78-77-41-22-39-72(86(77)99-87(73)78)60-46-44-59(45-47-60)65-34-21-35-66(52-65)67-48-51-83-79(56-67)76-50-49-75-74-38-19-20-43-82(74)98(85(75)84(76)97(83)71-36-17-6-18-37-71)91-95-88(63-30-13-4-14-31-63)94-89(96-91)64-32-15-5-16-33-64/h1-57H. The molecule has 7 nitrogen and oxygen atoms in total. The molecule has 0 amide bonds. The Morgan fingerprint density at radius 3 is 1.23 bits per heavy atom. The van der Waals surface area contributed by atoms with Crippen molar-refractivity contribution in [3.8, 4) is 124 Å². The monoisotopic (exact) mass is 1280 g/mol. The van der Waals surface area contributed by atoms with Gasteiger partial charge in [-0.1, -0.05) is 285 Å². The lowest BCUT2D eigenvalue weighted by Gasteiger charge is -2.13. The first-order valence-electron chi connectivity index (χ1n) is 33.4. The molecule has 0 saturated carbocycles. The summed E-state index contributed by atoms with van der Waals surface area (Å²) in [6.07, 6.45) is 0. The van der Waals surface area contributed by atoms with Crippen LogP contribution in [0.1, 0.15) is 0 Å². The van der Waals surface area contributed by atoms with Crippen LogP contribution >= 0.6 is 11.3 Å². The van der Waals surface area contributed by atoms with Gasteiger partial charge in [-0.05, 0) is 116 Å². The second kappa shape index (κ2) is 24.0. The van der Waals surface area contributed by atoms with Gasteiger partial charge < -0.3 is 4.57 Å². The van der Waals surface area contributed by atoms with Crippen LogP contribution in [0.3, 0.4) is 0 Å². The van der Waals surface area contributed by atoms with Crippen LogP contribution in [-0.2, 0) is 0 Å². The van der Waals surface area contributed by atoms with E-state index in [1.807, 2.05) is 59.9 Å². The summed E-state index contributed by atoms with van der Waals surface area (Å²) in [4.78, 5) is 26.4. The van der Waals surface area contributed by atoms with Gasteiger partial charge in [0, 0.05) is 75.2 Å². The molecule has 19 aromatic rings. The normalized spacial score (nSPS) is 11.6. The second-order valence-corrected chi connectivity index (χ2v) is 26.1. The van der Waals surface area contributed by atoms with E-state index in [1.165, 1.54) is 36.9 Å². The first-order chi connectivity index (χ1) is 49.1. The fraction of sp³-hybridized carbons (Fsp3) is 0. The molecule has 0 atom stereocenters. The Morgan fingerprint density at radius 2 is 0.616 bits per heavy atom. The average Bonchev–Trinajstić information content (AvgIpc) is 1.55. The van der Waals surface area contributed by atoms with E-state index >= 15 is 0 Å². The molecule has 0 bridgehead atoms. The fourth-order valence-electron chi connectivity index (χ4n) is 14.5. The summed E-state index contributed by atoms with van der Waals surface area (Å²) in [5, 5.41) is 6.98. The van der Waals surface area contributed by atoms with Gasteiger partial charge in [0.05, 0.1) is 33.5 Å². The molecule has 0 aliphatic heterocycles. The Hall–Kier alpha value is -13.0. The van der Waals surface area contributed by atoms with Crippen molar-refractivity contribution in [2.45, 2.75) is 0 Å². The Morgan fingerprint density at radius 1 is 0.212 bits per heavy atom. The summed E-state index contributed by atoms with van der Waals surface area (Å²) in [6.45, 7) is 0. The quantitative estimate of drug-likeness (QED) is 0.122. The number of hydrogen-bond acceptors (Lipinski definition) is 6. The number of nitrogens with zero attached hydrogens (tertiary/aromatic N) is 7. The predicted octanol–water partition coefficient (Wildman–Crippen LogP) is 23.9.